The van der Waals surface area contributed by atoms with Crippen LogP contribution in [0.15, 0.2) is 48.5 Å². The topological polar surface area (TPSA) is 74.8 Å². The van der Waals surface area contributed by atoms with Gasteiger partial charge in [-0.1, -0.05) is 36.7 Å². The van der Waals surface area contributed by atoms with Crippen LogP contribution in [0.2, 0.25) is 5.02 Å². The summed E-state index contributed by atoms with van der Waals surface area (Å²) in [6.45, 7) is 3.83. The number of hydrogen-bond acceptors (Lipinski definition) is 4. The summed E-state index contributed by atoms with van der Waals surface area (Å²) in [6.07, 6.45) is 0. The molecule has 1 aliphatic heterocycles. The van der Waals surface area contributed by atoms with E-state index in [0.717, 1.165) is 9.99 Å². The van der Waals surface area contributed by atoms with E-state index in [4.69, 9.17) is 11.6 Å². The minimum Gasteiger partial charge on any atom is -0.309 e. The monoisotopic (exact) mass is 406 g/mol. The fraction of sp³-hybridized carbons (Fsp3) is 0.263. The molecule has 6 nitrogen and oxygen atoms in total. The molecule has 1 saturated heterocycles. The first kappa shape index (κ1) is 19.4. The van der Waals surface area contributed by atoms with Gasteiger partial charge in [0.15, 0.2) is 0 Å². The van der Waals surface area contributed by atoms with E-state index in [9.17, 15) is 18.0 Å². The minimum absolute atomic E-state index is 0.0148. The molecular formula is C19H19ClN2O4S. The van der Waals surface area contributed by atoms with E-state index in [2.05, 4.69) is 0 Å². The number of benzene rings is 2. The Morgan fingerprint density at radius 3 is 2.44 bits per heavy atom. The highest BCUT2D eigenvalue weighted by molar-refractivity contribution is 7.94. The van der Waals surface area contributed by atoms with Crippen molar-refractivity contribution in [2.24, 2.45) is 5.92 Å². The quantitative estimate of drug-likeness (QED) is 0.780. The van der Waals surface area contributed by atoms with Crippen molar-refractivity contribution in [1.29, 1.82) is 0 Å². The van der Waals surface area contributed by atoms with Gasteiger partial charge in [0.05, 0.1) is 22.4 Å². The lowest BCUT2D eigenvalue weighted by Gasteiger charge is -2.22. The number of carbonyl (C=O) groups excluding carboxylic acids is 2. The number of rotatable bonds is 4. The zero-order valence-electron chi connectivity index (χ0n) is 14.9. The number of carbonyl (C=O) groups is 2. The van der Waals surface area contributed by atoms with Gasteiger partial charge in [-0.05, 0) is 37.3 Å². The Bertz CT molecular complexity index is 992. The number of halogens is 1. The normalized spacial score (nSPS) is 18.6. The van der Waals surface area contributed by atoms with E-state index in [1.54, 1.807) is 11.8 Å². The summed E-state index contributed by atoms with van der Waals surface area (Å²) >= 11 is 6.17. The summed E-state index contributed by atoms with van der Waals surface area (Å²) in [4.78, 5) is 26.9. The third kappa shape index (κ3) is 3.57. The summed E-state index contributed by atoms with van der Waals surface area (Å²) in [5.74, 6) is -1.77. The van der Waals surface area contributed by atoms with Crippen molar-refractivity contribution in [2.45, 2.75) is 13.8 Å². The van der Waals surface area contributed by atoms with Crippen LogP contribution in [-0.2, 0) is 14.8 Å². The van der Waals surface area contributed by atoms with Gasteiger partial charge in [-0.15, -0.1) is 0 Å². The van der Waals surface area contributed by atoms with Crippen LogP contribution in [0.3, 0.4) is 0 Å². The van der Waals surface area contributed by atoms with Gasteiger partial charge in [-0.2, -0.15) is 0 Å². The van der Waals surface area contributed by atoms with Gasteiger partial charge in [0.2, 0.25) is 15.9 Å². The second-order valence-corrected chi connectivity index (χ2v) is 8.60. The number of para-hydroxylation sites is 1. The van der Waals surface area contributed by atoms with Crippen LogP contribution in [-0.4, -0.2) is 32.5 Å². The van der Waals surface area contributed by atoms with Crippen LogP contribution in [0, 0.1) is 5.92 Å². The molecular weight excluding hydrogens is 388 g/mol. The molecule has 2 aromatic carbocycles. The maximum atomic E-state index is 13.0. The molecule has 0 N–H and O–H groups in total. The van der Waals surface area contributed by atoms with E-state index in [-0.39, 0.29) is 27.9 Å². The SMILES string of the molecule is CCN(C(=O)c1ccc(Cl)c(N2C(=O)C(C)CS2(=O)=O)c1)c1ccccc1. The molecule has 1 atom stereocenters. The first-order chi connectivity index (χ1) is 12.8. The van der Waals surface area contributed by atoms with Crippen LogP contribution in [0.1, 0.15) is 24.2 Å². The smallest absolute Gasteiger partial charge is 0.258 e. The minimum atomic E-state index is -3.81. The standard InChI is InChI=1S/C19H19ClN2O4S/c1-3-21(15-7-5-4-6-8-15)19(24)14-9-10-16(20)17(11-14)22-18(23)13(2)12-27(22,25)26/h4-11,13H,3,12H2,1-2H3. The van der Waals surface area contributed by atoms with Crippen molar-refractivity contribution in [1.82, 2.24) is 0 Å². The average molecular weight is 407 g/mol. The second-order valence-electron chi connectivity index (χ2n) is 6.33. The van der Waals surface area contributed by atoms with Gasteiger partial charge >= 0.3 is 0 Å². The second kappa shape index (κ2) is 7.32. The van der Waals surface area contributed by atoms with Crippen LogP contribution in [0.4, 0.5) is 11.4 Å². The van der Waals surface area contributed by atoms with Gasteiger partial charge in [-0.3, -0.25) is 9.59 Å². The fourth-order valence-corrected chi connectivity index (χ4v) is 5.16. The molecule has 2 amide bonds. The van der Waals surface area contributed by atoms with Crippen molar-refractivity contribution in [3.05, 3.63) is 59.1 Å². The molecule has 0 aliphatic carbocycles. The molecule has 0 bridgehead atoms. The highest BCUT2D eigenvalue weighted by Crippen LogP contribution is 2.35. The number of nitrogens with zero attached hydrogens (tertiary/aromatic N) is 2. The number of sulfonamides is 1. The van der Waals surface area contributed by atoms with Crippen molar-refractivity contribution < 1.29 is 18.0 Å². The summed E-state index contributed by atoms with van der Waals surface area (Å²) in [7, 11) is -3.81. The summed E-state index contributed by atoms with van der Waals surface area (Å²) in [6, 6.07) is 13.5. The Hall–Kier alpha value is -2.38. The maximum Gasteiger partial charge on any atom is 0.258 e. The van der Waals surface area contributed by atoms with Crippen molar-refractivity contribution in [2.75, 3.05) is 21.5 Å². The largest absolute Gasteiger partial charge is 0.309 e. The van der Waals surface area contributed by atoms with Gasteiger partial charge in [0.1, 0.15) is 0 Å². The molecule has 27 heavy (non-hydrogen) atoms. The van der Waals surface area contributed by atoms with Crippen LogP contribution in [0.25, 0.3) is 0 Å². The molecule has 142 valence electrons. The van der Waals surface area contributed by atoms with Gasteiger partial charge in [-0.25, -0.2) is 12.7 Å². The molecule has 0 radical (unpaired) electrons. The van der Waals surface area contributed by atoms with Gasteiger partial charge in [0, 0.05) is 17.8 Å². The number of hydrogen-bond donors (Lipinski definition) is 0. The Kier molecular flexibility index (Phi) is 5.26. The van der Waals surface area contributed by atoms with Crippen LogP contribution < -0.4 is 9.21 Å². The Labute approximate surface area is 163 Å². The first-order valence-electron chi connectivity index (χ1n) is 8.49. The van der Waals surface area contributed by atoms with E-state index < -0.39 is 21.8 Å². The molecule has 1 heterocycles. The molecule has 0 aromatic heterocycles. The van der Waals surface area contributed by atoms with E-state index >= 15 is 0 Å². The predicted molar refractivity (Wildman–Crippen MR) is 106 cm³/mol. The highest BCUT2D eigenvalue weighted by Gasteiger charge is 2.43. The number of anilines is 2. The lowest BCUT2D eigenvalue weighted by atomic mass is 10.1. The third-order valence-electron chi connectivity index (χ3n) is 4.40. The summed E-state index contributed by atoms with van der Waals surface area (Å²) in [5.41, 5.74) is 0.989. The zero-order chi connectivity index (χ0) is 19.8. The highest BCUT2D eigenvalue weighted by atomic mass is 35.5. The van der Waals surface area contributed by atoms with Crippen molar-refractivity contribution >= 4 is 44.8 Å². The molecule has 8 heteroatoms. The lowest BCUT2D eigenvalue weighted by Crippen LogP contribution is -2.32. The average Bonchev–Trinajstić information content (AvgIpc) is 2.84. The summed E-state index contributed by atoms with van der Waals surface area (Å²) < 4.78 is 25.5. The molecule has 1 aliphatic rings. The van der Waals surface area contributed by atoms with Crippen molar-refractivity contribution in [3.8, 4) is 0 Å². The van der Waals surface area contributed by atoms with Gasteiger partial charge < -0.3 is 4.90 Å². The van der Waals surface area contributed by atoms with Gasteiger partial charge in [0.25, 0.3) is 5.91 Å². The fourth-order valence-electron chi connectivity index (χ4n) is 3.08. The Morgan fingerprint density at radius 2 is 1.89 bits per heavy atom. The molecule has 0 spiro atoms. The van der Waals surface area contributed by atoms with E-state index in [0.29, 0.717) is 6.54 Å². The summed E-state index contributed by atoms with van der Waals surface area (Å²) in [5, 5.41) is 0.0975. The predicted octanol–water partition coefficient (Wildman–Crippen LogP) is 3.32. The number of amides is 2. The first-order valence-corrected chi connectivity index (χ1v) is 10.5. The zero-order valence-corrected chi connectivity index (χ0v) is 16.5. The molecule has 1 unspecified atom stereocenters. The molecule has 3 rings (SSSR count). The Morgan fingerprint density at radius 1 is 1.22 bits per heavy atom. The molecule has 0 saturated carbocycles. The van der Waals surface area contributed by atoms with E-state index in [1.165, 1.54) is 18.2 Å². The lowest BCUT2D eigenvalue weighted by molar-refractivity contribution is -0.119. The Balaban J connectivity index is 2.03. The third-order valence-corrected chi connectivity index (χ3v) is 6.58. The van der Waals surface area contributed by atoms with E-state index in [1.807, 2.05) is 37.3 Å². The molecule has 2 aromatic rings. The van der Waals surface area contributed by atoms with Crippen molar-refractivity contribution in [3.63, 3.8) is 0 Å². The maximum absolute atomic E-state index is 13.0. The molecule has 1 fully saturated rings. The van der Waals surface area contributed by atoms with Crippen LogP contribution in [0.5, 0.6) is 0 Å². The van der Waals surface area contributed by atoms with Crippen LogP contribution >= 0.6 is 11.6 Å².